The molecule has 3 amide bonds. The lowest BCUT2D eigenvalue weighted by Crippen LogP contribution is -2.47. The Morgan fingerprint density at radius 1 is 0.281 bits per heavy atom. The third-order valence-corrected chi connectivity index (χ3v) is 16.8. The van der Waals surface area contributed by atoms with E-state index in [1.54, 1.807) is 0 Å². The van der Waals surface area contributed by atoms with Crippen LogP contribution in [0.1, 0.15) is 148 Å². The van der Waals surface area contributed by atoms with E-state index in [0.29, 0.717) is 334 Å². The summed E-state index contributed by atoms with van der Waals surface area (Å²) in [5.74, 6) is -3.99. The number of imide groups is 1. The van der Waals surface area contributed by atoms with Crippen LogP contribution in [-0.2, 0) is 147 Å². The molecule has 1 unspecified atom stereocenters. The first-order valence-electron chi connectivity index (χ1n) is 41.8. The number of ether oxygens (including phenoxy) is 24. The van der Waals surface area contributed by atoms with E-state index in [1.807, 2.05) is 0 Å². The van der Waals surface area contributed by atoms with E-state index in [1.165, 1.54) is 25.7 Å². The molecular formula is C79H148N2O33. The molecule has 0 saturated carbocycles. The van der Waals surface area contributed by atoms with Crippen molar-refractivity contribution in [1.82, 2.24) is 10.4 Å². The Hall–Kier alpha value is -3.94. The molecule has 1 aliphatic rings. The molecule has 3 N–H and O–H groups in total. The molecule has 35 heteroatoms. The standard InChI is InChI=1S/C79H148N2O33/c1-2-3-4-5-6-10-13-16-22-79(78(88)89,23-17-14-11-8-7-9-12-15-18-75(84)85)77(87)80-24-26-91-28-30-93-32-34-95-36-38-97-40-42-99-44-46-101-48-50-103-52-54-105-56-58-107-60-62-109-64-66-111-68-70-113-72-71-112-69-67-110-65-63-108-61-59-106-57-55-104-53-51-102-49-47-100-45-43-98-41-39-96-37-35-94-33-31-92-29-27-90-25-21-76(86)114-81-73(82)19-20-74(81)83/h2-72H2,1H3,(H,80,87)(H,84,85)(H,88,89). The molecule has 1 rings (SSSR count). The number of rotatable bonds is 98. The van der Waals surface area contributed by atoms with Crippen LogP contribution in [0.15, 0.2) is 0 Å². The lowest BCUT2D eigenvalue weighted by Gasteiger charge is -2.28. The summed E-state index contributed by atoms with van der Waals surface area (Å²) in [5.41, 5.74) is -1.46. The number of unbranched alkanes of at least 4 members (excludes halogenated alkanes) is 14. The first kappa shape index (κ1) is 108. The van der Waals surface area contributed by atoms with Gasteiger partial charge in [-0.05, 0) is 19.3 Å². The van der Waals surface area contributed by atoms with Crippen LogP contribution in [0, 0.1) is 5.41 Å². The molecule has 672 valence electrons. The molecule has 114 heavy (non-hydrogen) atoms. The van der Waals surface area contributed by atoms with E-state index in [0.717, 1.165) is 57.8 Å². The van der Waals surface area contributed by atoms with Crippen molar-refractivity contribution < 1.29 is 158 Å². The number of nitrogens with one attached hydrogen (secondary N) is 1. The molecule has 0 spiro atoms. The summed E-state index contributed by atoms with van der Waals surface area (Å²) in [7, 11) is 0. The Kier molecular flexibility index (Phi) is 83.8. The number of aliphatic carboxylic acids is 2. The zero-order valence-corrected chi connectivity index (χ0v) is 69.2. The largest absolute Gasteiger partial charge is 0.481 e. The van der Waals surface area contributed by atoms with Gasteiger partial charge in [0.1, 0.15) is 5.41 Å². The summed E-state index contributed by atoms with van der Waals surface area (Å²) in [6.45, 7) is 22.9. The maximum atomic E-state index is 13.5. The predicted molar refractivity (Wildman–Crippen MR) is 416 cm³/mol. The van der Waals surface area contributed by atoms with Crippen LogP contribution in [0.2, 0.25) is 0 Å². The van der Waals surface area contributed by atoms with Crippen LogP contribution in [0.3, 0.4) is 0 Å². The third kappa shape index (κ3) is 75.5. The number of carboxylic acid groups (broad SMARTS) is 2. The number of hydrogen-bond acceptors (Lipinski definition) is 31. The van der Waals surface area contributed by atoms with E-state index in [4.69, 9.17) is 124 Å². The van der Waals surface area contributed by atoms with E-state index in [9.17, 15) is 33.9 Å². The average Bonchev–Trinajstić information content (AvgIpc) is 1.01. The molecule has 0 aliphatic carbocycles. The van der Waals surface area contributed by atoms with Crippen LogP contribution in [0.5, 0.6) is 0 Å². The monoisotopic (exact) mass is 1650 g/mol. The third-order valence-electron chi connectivity index (χ3n) is 16.8. The molecular weight excluding hydrogens is 1500 g/mol. The smallest absolute Gasteiger partial charge is 0.335 e. The zero-order chi connectivity index (χ0) is 82.1. The van der Waals surface area contributed by atoms with Gasteiger partial charge in [-0.15, -0.1) is 5.06 Å². The molecule has 1 heterocycles. The van der Waals surface area contributed by atoms with Crippen molar-refractivity contribution in [2.24, 2.45) is 5.41 Å². The van der Waals surface area contributed by atoms with Gasteiger partial charge < -0.3 is 134 Å². The Balaban J connectivity index is 1.72. The highest BCUT2D eigenvalue weighted by molar-refractivity contribution is 6.02. The normalized spacial score (nSPS) is 12.9. The number of hydrogen-bond donors (Lipinski definition) is 3. The van der Waals surface area contributed by atoms with Gasteiger partial charge in [0, 0.05) is 25.8 Å². The molecule has 1 fully saturated rings. The molecule has 0 aromatic heterocycles. The Morgan fingerprint density at radius 2 is 0.482 bits per heavy atom. The van der Waals surface area contributed by atoms with E-state index in [2.05, 4.69) is 12.2 Å². The SMILES string of the molecule is CCCCCCCCCCC(CCCCCCCCCCC(=O)O)(C(=O)O)C(=O)NCCOCCOCCOCCOCCOCCOCCOCCOCCOCCOCCOCCOCCOCCOCCOCCOCCOCCOCCOCCOCCOCCOCCOCCOCCC(=O)ON1C(=O)CCC1=O. The highest BCUT2D eigenvalue weighted by Gasteiger charge is 2.45. The van der Waals surface area contributed by atoms with Gasteiger partial charge in [0.15, 0.2) is 0 Å². The van der Waals surface area contributed by atoms with Crippen molar-refractivity contribution in [3.05, 3.63) is 0 Å². The fourth-order valence-electron chi connectivity index (χ4n) is 10.5. The Bertz CT molecular complexity index is 2100. The van der Waals surface area contributed by atoms with Crippen LogP contribution in [0.4, 0.5) is 0 Å². The van der Waals surface area contributed by atoms with Gasteiger partial charge in [-0.25, -0.2) is 4.79 Å². The van der Waals surface area contributed by atoms with Gasteiger partial charge >= 0.3 is 17.9 Å². The Labute approximate surface area is 678 Å². The van der Waals surface area contributed by atoms with Gasteiger partial charge in [0.25, 0.3) is 11.8 Å². The van der Waals surface area contributed by atoms with Crippen molar-refractivity contribution in [3.8, 4) is 0 Å². The first-order valence-corrected chi connectivity index (χ1v) is 41.8. The van der Waals surface area contributed by atoms with E-state index >= 15 is 0 Å². The summed E-state index contributed by atoms with van der Waals surface area (Å²) in [6, 6.07) is 0. The second kappa shape index (κ2) is 88.3. The second-order valence-corrected chi connectivity index (χ2v) is 26.1. The van der Waals surface area contributed by atoms with Crippen molar-refractivity contribution in [2.75, 3.05) is 324 Å². The van der Waals surface area contributed by atoms with Gasteiger partial charge in [-0.3, -0.25) is 24.0 Å². The summed E-state index contributed by atoms with van der Waals surface area (Å²) < 4.78 is 133. The number of carbonyl (C=O) groups excluding carboxylic acids is 4. The van der Waals surface area contributed by atoms with Crippen LogP contribution in [0.25, 0.3) is 0 Å². The molecule has 0 radical (unpaired) electrons. The summed E-state index contributed by atoms with van der Waals surface area (Å²) in [5, 5.41) is 22.6. The van der Waals surface area contributed by atoms with Gasteiger partial charge in [0.05, 0.1) is 324 Å². The molecule has 0 aromatic rings. The van der Waals surface area contributed by atoms with Gasteiger partial charge in [-0.2, -0.15) is 0 Å². The minimum absolute atomic E-state index is 0.0490. The lowest BCUT2D eigenvalue weighted by molar-refractivity contribution is -0.198. The minimum Gasteiger partial charge on any atom is -0.481 e. The maximum absolute atomic E-state index is 13.5. The number of carboxylic acids is 2. The molecule has 1 saturated heterocycles. The van der Waals surface area contributed by atoms with Crippen molar-refractivity contribution in [3.63, 3.8) is 0 Å². The van der Waals surface area contributed by atoms with Gasteiger partial charge in [-0.1, -0.05) is 103 Å². The fourth-order valence-corrected chi connectivity index (χ4v) is 10.5. The molecule has 1 aliphatic heterocycles. The van der Waals surface area contributed by atoms with Crippen molar-refractivity contribution >= 4 is 35.6 Å². The molecule has 35 nitrogen and oxygen atoms in total. The molecule has 0 bridgehead atoms. The maximum Gasteiger partial charge on any atom is 0.335 e. The first-order chi connectivity index (χ1) is 56.1. The second-order valence-electron chi connectivity index (χ2n) is 26.1. The number of hydroxylamine groups is 2. The van der Waals surface area contributed by atoms with Crippen molar-refractivity contribution in [1.29, 1.82) is 0 Å². The topological polar surface area (TPSA) is 389 Å². The average molecular weight is 1650 g/mol. The fraction of sp³-hybridized carbons (Fsp3) is 0.924. The van der Waals surface area contributed by atoms with Crippen molar-refractivity contribution in [2.45, 2.75) is 148 Å². The lowest BCUT2D eigenvalue weighted by atomic mass is 9.76. The summed E-state index contributed by atoms with van der Waals surface area (Å²) in [4.78, 5) is 76.4. The molecule has 0 aromatic carbocycles. The highest BCUT2D eigenvalue weighted by Crippen LogP contribution is 2.33. The minimum atomic E-state index is -1.46. The summed E-state index contributed by atoms with van der Waals surface area (Å²) in [6.07, 6.45) is 16.6. The van der Waals surface area contributed by atoms with Crippen LogP contribution in [-0.4, -0.2) is 375 Å². The van der Waals surface area contributed by atoms with E-state index < -0.39 is 41.0 Å². The van der Waals surface area contributed by atoms with Gasteiger partial charge in [0.2, 0.25) is 5.91 Å². The summed E-state index contributed by atoms with van der Waals surface area (Å²) >= 11 is 0. The highest BCUT2D eigenvalue weighted by atomic mass is 16.7. The Morgan fingerprint density at radius 3 is 0.702 bits per heavy atom. The van der Waals surface area contributed by atoms with E-state index in [-0.39, 0.29) is 52.0 Å². The van der Waals surface area contributed by atoms with Crippen LogP contribution < -0.4 is 5.32 Å². The van der Waals surface area contributed by atoms with Crippen LogP contribution >= 0.6 is 0 Å². The molecule has 1 atom stereocenters. The number of nitrogens with zero attached hydrogens (tertiary/aromatic N) is 1. The number of amides is 3. The zero-order valence-electron chi connectivity index (χ0n) is 69.2. The predicted octanol–water partition coefficient (Wildman–Crippen LogP) is 6.09. The quantitative estimate of drug-likeness (QED) is 0.0352. The number of carbonyl (C=O) groups is 6.